The van der Waals surface area contributed by atoms with Gasteiger partial charge in [0.15, 0.2) is 0 Å². The maximum absolute atomic E-state index is 5.27. The van der Waals surface area contributed by atoms with Crippen LogP contribution in [0.5, 0.6) is 0 Å². The molecule has 1 rings (SSSR count). The van der Waals surface area contributed by atoms with Crippen LogP contribution in [0.3, 0.4) is 0 Å². The van der Waals surface area contributed by atoms with Crippen LogP contribution in [0.4, 0.5) is 0 Å². The number of hydrogen-bond donors (Lipinski definition) is 0. The Hall–Kier alpha value is -0.726. The molecule has 3 heteroatoms. The molecule has 1 aromatic rings. The molecule has 2 nitrogen and oxygen atoms in total. The van der Waals surface area contributed by atoms with E-state index >= 15 is 0 Å². The van der Waals surface area contributed by atoms with E-state index in [0.717, 1.165) is 29.0 Å². The Labute approximate surface area is 141 Å². The van der Waals surface area contributed by atoms with E-state index in [2.05, 4.69) is 30.1 Å². The minimum absolute atomic E-state index is 0. The SMILES string of the molecule is C\C=C(/C=C(\C=C\CC)c1c[c-]c(C)cn1)OC.[Y]. The minimum Gasteiger partial charge on any atom is -0.497 e. The standard InChI is InChI=1S/C16H20NO.Y/c1-5-7-8-14(11-15(6-2)18-4)16-10-9-13(3)12-17-16;/h6-8,10-12H,5H2,1-4H3;/q-1;/b8-7+,14-11+,15-6+;. The number of nitrogens with zero attached hydrogens (tertiary/aromatic N) is 1. The van der Waals surface area contributed by atoms with E-state index in [1.54, 1.807) is 7.11 Å². The molecule has 1 aromatic heterocycles. The molecule has 0 N–H and O–H groups in total. The third-order valence-corrected chi connectivity index (χ3v) is 2.48. The number of pyridine rings is 1. The molecule has 0 aliphatic carbocycles. The Bertz CT molecular complexity index is 458. The van der Waals surface area contributed by atoms with Crippen LogP contribution in [-0.4, -0.2) is 12.1 Å². The number of rotatable bonds is 5. The number of allylic oxidation sites excluding steroid dienone is 5. The van der Waals surface area contributed by atoms with Gasteiger partial charge >= 0.3 is 0 Å². The van der Waals surface area contributed by atoms with E-state index in [1.165, 1.54) is 0 Å². The molecule has 19 heavy (non-hydrogen) atoms. The fourth-order valence-corrected chi connectivity index (χ4v) is 1.45. The molecule has 0 amide bonds. The fraction of sp³-hybridized carbons (Fsp3) is 0.312. The van der Waals surface area contributed by atoms with E-state index in [1.807, 2.05) is 38.3 Å². The molecule has 0 fully saturated rings. The van der Waals surface area contributed by atoms with Gasteiger partial charge in [0.2, 0.25) is 0 Å². The Kier molecular flexibility index (Phi) is 9.72. The molecule has 0 aliphatic rings. The van der Waals surface area contributed by atoms with Gasteiger partial charge in [-0.05, 0) is 31.2 Å². The van der Waals surface area contributed by atoms with Crippen molar-refractivity contribution in [1.82, 2.24) is 4.98 Å². The van der Waals surface area contributed by atoms with E-state index in [0.29, 0.717) is 0 Å². The number of methoxy groups -OCH3 is 1. The van der Waals surface area contributed by atoms with Crippen molar-refractivity contribution < 1.29 is 37.4 Å². The summed E-state index contributed by atoms with van der Waals surface area (Å²) in [6.45, 7) is 6.04. The predicted molar refractivity (Wildman–Crippen MR) is 76.0 cm³/mol. The predicted octanol–water partition coefficient (Wildman–Crippen LogP) is 4.09. The van der Waals surface area contributed by atoms with Crippen LogP contribution in [0.25, 0.3) is 5.57 Å². The number of aromatic nitrogens is 1. The third kappa shape index (κ3) is 6.31. The van der Waals surface area contributed by atoms with E-state index in [9.17, 15) is 0 Å². The third-order valence-electron chi connectivity index (χ3n) is 2.48. The van der Waals surface area contributed by atoms with Crippen molar-refractivity contribution in [2.75, 3.05) is 7.11 Å². The van der Waals surface area contributed by atoms with Gasteiger partial charge in [0.05, 0.1) is 7.11 Å². The van der Waals surface area contributed by atoms with Gasteiger partial charge in [0, 0.05) is 32.7 Å². The molecule has 99 valence electrons. The summed E-state index contributed by atoms with van der Waals surface area (Å²) in [6.07, 6.45) is 10.9. The summed E-state index contributed by atoms with van der Waals surface area (Å²) < 4.78 is 5.27. The molecule has 0 saturated heterocycles. The monoisotopic (exact) mass is 331 g/mol. The molecule has 0 unspecified atom stereocenters. The topological polar surface area (TPSA) is 22.1 Å². The van der Waals surface area contributed by atoms with Crippen LogP contribution in [-0.2, 0) is 37.4 Å². The summed E-state index contributed by atoms with van der Waals surface area (Å²) in [6, 6.07) is 5.08. The maximum Gasteiger partial charge on any atom is 0.114 e. The van der Waals surface area contributed by atoms with Crippen molar-refractivity contribution >= 4 is 5.57 Å². The zero-order chi connectivity index (χ0) is 13.4. The minimum atomic E-state index is 0. The molecule has 0 saturated carbocycles. The molecule has 1 radical (unpaired) electrons. The van der Waals surface area contributed by atoms with Gasteiger partial charge < -0.3 is 9.72 Å². The summed E-state index contributed by atoms with van der Waals surface area (Å²) in [5.41, 5.74) is 2.97. The van der Waals surface area contributed by atoms with Crippen LogP contribution in [0.2, 0.25) is 0 Å². The largest absolute Gasteiger partial charge is 0.497 e. The second-order valence-corrected chi connectivity index (χ2v) is 3.92. The molecule has 0 bridgehead atoms. The summed E-state index contributed by atoms with van der Waals surface area (Å²) in [4.78, 5) is 4.42. The van der Waals surface area contributed by atoms with Crippen molar-refractivity contribution in [3.63, 3.8) is 0 Å². The van der Waals surface area contributed by atoms with Gasteiger partial charge in [-0.15, -0.1) is 5.56 Å². The first-order valence-corrected chi connectivity index (χ1v) is 6.14. The van der Waals surface area contributed by atoms with Gasteiger partial charge in [-0.1, -0.05) is 37.8 Å². The molecular weight excluding hydrogens is 311 g/mol. The van der Waals surface area contributed by atoms with E-state index in [4.69, 9.17) is 4.74 Å². The Morgan fingerprint density at radius 2 is 2.21 bits per heavy atom. The Morgan fingerprint density at radius 1 is 1.47 bits per heavy atom. The van der Waals surface area contributed by atoms with Crippen LogP contribution in [0.15, 0.2) is 42.3 Å². The van der Waals surface area contributed by atoms with Gasteiger partial charge in [0.1, 0.15) is 5.76 Å². The van der Waals surface area contributed by atoms with Crippen molar-refractivity contribution in [1.29, 1.82) is 0 Å². The number of aryl methyl sites for hydroxylation is 1. The van der Waals surface area contributed by atoms with Crippen LogP contribution in [0.1, 0.15) is 31.5 Å². The maximum atomic E-state index is 5.27. The normalized spacial score (nSPS) is 12.4. The first-order valence-electron chi connectivity index (χ1n) is 6.14. The summed E-state index contributed by atoms with van der Waals surface area (Å²) in [7, 11) is 1.67. The molecular formula is C16H20NOY-. The van der Waals surface area contributed by atoms with Gasteiger partial charge in [-0.3, -0.25) is 0 Å². The zero-order valence-corrected chi connectivity index (χ0v) is 14.9. The quantitative estimate of drug-likeness (QED) is 0.461. The van der Waals surface area contributed by atoms with Crippen molar-refractivity contribution in [2.24, 2.45) is 0 Å². The zero-order valence-electron chi connectivity index (χ0n) is 12.1. The average Bonchev–Trinajstić information content (AvgIpc) is 2.40. The molecule has 1 heterocycles. The van der Waals surface area contributed by atoms with Crippen molar-refractivity contribution in [2.45, 2.75) is 27.2 Å². The second kappa shape index (κ2) is 10.1. The van der Waals surface area contributed by atoms with Crippen LogP contribution < -0.4 is 0 Å². The van der Waals surface area contributed by atoms with Gasteiger partial charge in [0.25, 0.3) is 0 Å². The van der Waals surface area contributed by atoms with Crippen molar-refractivity contribution in [3.05, 3.63) is 59.7 Å². The fourth-order valence-electron chi connectivity index (χ4n) is 1.45. The second-order valence-electron chi connectivity index (χ2n) is 3.92. The van der Waals surface area contributed by atoms with Crippen molar-refractivity contribution in [3.8, 4) is 0 Å². The molecule has 0 aliphatic heterocycles. The first-order chi connectivity index (χ1) is 8.71. The summed E-state index contributed by atoms with van der Waals surface area (Å²) in [5, 5.41) is 0. The number of ether oxygens (including phenoxy) is 1. The van der Waals surface area contributed by atoms with Crippen LogP contribution >= 0.6 is 0 Å². The summed E-state index contributed by atoms with van der Waals surface area (Å²) in [5.74, 6) is 0.827. The Morgan fingerprint density at radius 3 is 2.68 bits per heavy atom. The first kappa shape index (κ1) is 18.3. The van der Waals surface area contributed by atoms with Crippen LogP contribution in [0, 0.1) is 13.0 Å². The Balaban J connectivity index is 0.00000324. The van der Waals surface area contributed by atoms with E-state index < -0.39 is 0 Å². The molecule has 0 spiro atoms. The van der Waals surface area contributed by atoms with Gasteiger partial charge in [-0.25, -0.2) is 0 Å². The smallest absolute Gasteiger partial charge is 0.114 e. The molecule has 0 atom stereocenters. The van der Waals surface area contributed by atoms with Gasteiger partial charge in [-0.2, -0.15) is 12.1 Å². The number of hydrogen-bond acceptors (Lipinski definition) is 2. The molecule has 0 aromatic carbocycles. The van der Waals surface area contributed by atoms with E-state index in [-0.39, 0.29) is 32.7 Å². The average molecular weight is 331 g/mol. The summed E-state index contributed by atoms with van der Waals surface area (Å²) >= 11 is 0.